The molecular formula is C52H68Cl4FN4O13P. The fraction of sp³-hybridized carbons (Fsp3) is 0.500. The van der Waals surface area contributed by atoms with Crippen molar-refractivity contribution in [3.63, 3.8) is 0 Å². The number of hydrogen-bond acceptors (Lipinski definition) is 12. The molecule has 0 spiro atoms. The number of benzene rings is 3. The predicted octanol–water partition coefficient (Wildman–Crippen LogP) is 9.79. The Balaban J connectivity index is 0.000000281. The van der Waals surface area contributed by atoms with Crippen molar-refractivity contribution in [1.29, 1.82) is 0 Å². The average Bonchev–Trinajstić information content (AvgIpc) is 3.62. The van der Waals surface area contributed by atoms with Crippen molar-refractivity contribution < 1.29 is 66.7 Å². The van der Waals surface area contributed by atoms with Gasteiger partial charge in [-0.2, -0.15) is 0 Å². The van der Waals surface area contributed by atoms with Crippen LogP contribution in [-0.2, 0) is 49.2 Å². The largest absolute Gasteiger partial charge is 0.489 e. The van der Waals surface area contributed by atoms with Crippen LogP contribution < -0.4 is 29.9 Å². The summed E-state index contributed by atoms with van der Waals surface area (Å²) < 4.78 is 46.3. The summed E-state index contributed by atoms with van der Waals surface area (Å²) in [6, 6.07) is 14.4. The number of aliphatic carboxylic acids is 1. The minimum absolute atomic E-state index is 0.000883. The van der Waals surface area contributed by atoms with Crippen LogP contribution in [0.15, 0.2) is 65.7 Å². The summed E-state index contributed by atoms with van der Waals surface area (Å²) in [6.07, 6.45) is 6.28. The molecule has 1 aliphatic carbocycles. The van der Waals surface area contributed by atoms with Gasteiger partial charge in [-0.3, -0.25) is 28.5 Å². The maximum atomic E-state index is 14.5. The zero-order valence-corrected chi connectivity index (χ0v) is 47.2. The fourth-order valence-electron chi connectivity index (χ4n) is 8.04. The van der Waals surface area contributed by atoms with E-state index in [0.717, 1.165) is 72.0 Å². The number of ether oxygens (including phenoxy) is 4. The normalized spacial score (nSPS) is 16.3. The summed E-state index contributed by atoms with van der Waals surface area (Å²) in [5.74, 6) is -3.29. The van der Waals surface area contributed by atoms with E-state index in [2.05, 4.69) is 13.0 Å². The maximum absolute atomic E-state index is 14.5. The van der Waals surface area contributed by atoms with Crippen LogP contribution in [0.1, 0.15) is 90.2 Å². The number of anilines is 3. The number of carboxylic acid groups (broad SMARTS) is 1. The van der Waals surface area contributed by atoms with Crippen LogP contribution in [0, 0.1) is 12.7 Å². The quantitative estimate of drug-likeness (QED) is 0.0333. The number of nitrogens with zero attached hydrogens (tertiary/aromatic N) is 3. The number of esters is 1. The lowest BCUT2D eigenvalue weighted by Crippen LogP contribution is -2.47. The Bertz CT molecular complexity index is 2520. The first-order valence-electron chi connectivity index (χ1n) is 24.4. The van der Waals surface area contributed by atoms with Crippen molar-refractivity contribution in [1.82, 2.24) is 0 Å². The van der Waals surface area contributed by atoms with Gasteiger partial charge in [0.1, 0.15) is 35.8 Å². The van der Waals surface area contributed by atoms with Crippen LogP contribution in [0.25, 0.3) is 0 Å². The van der Waals surface area contributed by atoms with E-state index in [1.54, 1.807) is 16.9 Å². The van der Waals surface area contributed by atoms with Crippen LogP contribution in [0.3, 0.4) is 0 Å². The third-order valence-corrected chi connectivity index (χ3v) is 13.8. The van der Waals surface area contributed by atoms with Crippen molar-refractivity contribution in [3.05, 3.63) is 87.7 Å². The second-order valence-corrected chi connectivity index (χ2v) is 22.2. The maximum Gasteiger partial charge on any atom is 0.344 e. The van der Waals surface area contributed by atoms with E-state index in [1.807, 2.05) is 64.1 Å². The van der Waals surface area contributed by atoms with E-state index in [-0.39, 0.29) is 58.8 Å². The van der Waals surface area contributed by atoms with Gasteiger partial charge in [-0.15, -0.1) is 11.6 Å². The molecule has 6 rings (SSSR count). The highest BCUT2D eigenvalue weighted by molar-refractivity contribution is 7.57. The number of carbonyl (C=O) groups is 6. The van der Waals surface area contributed by atoms with Gasteiger partial charge in [-0.1, -0.05) is 91.8 Å². The summed E-state index contributed by atoms with van der Waals surface area (Å²) in [4.78, 5) is 83.2. The van der Waals surface area contributed by atoms with Gasteiger partial charge in [0.25, 0.3) is 17.7 Å². The summed E-state index contributed by atoms with van der Waals surface area (Å²) in [5, 5.41) is 8.21. The molecule has 23 heteroatoms. The van der Waals surface area contributed by atoms with Crippen molar-refractivity contribution in [3.8, 4) is 11.5 Å². The number of nitrogens with two attached hydrogens (primary N) is 1. The Morgan fingerprint density at radius 1 is 1.00 bits per heavy atom. The van der Waals surface area contributed by atoms with Gasteiger partial charge in [-0.25, -0.2) is 14.1 Å². The Kier molecular flexibility index (Phi) is 27.0. The number of imide groups is 1. The molecule has 4 unspecified atom stereocenters. The van der Waals surface area contributed by atoms with Crippen molar-refractivity contribution >= 4 is 106 Å². The average molecular weight is 1150 g/mol. The fourth-order valence-corrected chi connectivity index (χ4v) is 9.34. The summed E-state index contributed by atoms with van der Waals surface area (Å²) >= 11 is 23.0. The van der Waals surface area contributed by atoms with E-state index >= 15 is 0 Å². The lowest BCUT2D eigenvalue weighted by molar-refractivity contribution is -0.146. The van der Waals surface area contributed by atoms with Crippen LogP contribution in [0.4, 0.5) is 21.5 Å². The number of carbonyl (C=O) groups excluding carboxylic acids is 5. The molecule has 2 heterocycles. The van der Waals surface area contributed by atoms with Gasteiger partial charge in [-0.05, 0) is 95.0 Å². The second-order valence-electron chi connectivity index (χ2n) is 17.8. The molecule has 4 N–H and O–H groups in total. The van der Waals surface area contributed by atoms with E-state index in [1.165, 1.54) is 12.7 Å². The molecule has 2 aliphatic heterocycles. The van der Waals surface area contributed by atoms with Crippen LogP contribution in [0.2, 0.25) is 5.02 Å². The second kappa shape index (κ2) is 31.4. The SMILES string of the molecule is CC1COc2ccccc2N1C(=O)C(Cl)Cl.CCCCCOC(=O)COc1cc(N2C(=O)C3=C(CCCC3)C2=O)c(F)cc1Cl.CCc1cccc(C)c1N(C(=O)CCl)C(C)COC.CP(=O)(O)CCC(N)C(=O)O. The van der Waals surface area contributed by atoms with Crippen LogP contribution in [0.5, 0.6) is 11.5 Å². The third-order valence-electron chi connectivity index (χ3n) is 11.8. The number of rotatable bonds is 19. The molecule has 0 saturated heterocycles. The Morgan fingerprint density at radius 3 is 2.20 bits per heavy atom. The molecule has 414 valence electrons. The standard InChI is InChI=1S/C21H23ClFNO5.C15H22ClNO2.C11H11Cl2NO2.C5H12NO4P/c1-2-3-6-9-28-19(25)12-29-18-11-17(16(23)10-15(18)22)24-20(26)13-7-4-5-8-14(13)21(24)27;1-5-13-8-6-7-11(2)15(13)17(14(18)9-16)12(3)10-19-4;1-7-6-16-9-5-3-2-4-8(9)14(7)11(15)10(12)13;1-11(9,10)3-2-4(6)5(7)8/h10-11H,2-9,12H2,1H3;6-8,12H,5,9-10H2,1-4H3;2-5,7,10H,6H2,1H3;4H,2-3,6H2,1H3,(H,7,8)(H,9,10). The number of aryl methyl sites for hydroxylation is 2. The monoisotopic (exact) mass is 1150 g/mol. The first-order chi connectivity index (χ1) is 35.4. The first kappa shape index (κ1) is 64.5. The van der Waals surface area contributed by atoms with Gasteiger partial charge >= 0.3 is 11.9 Å². The molecule has 17 nitrogen and oxygen atoms in total. The highest BCUT2D eigenvalue weighted by Crippen LogP contribution is 2.40. The van der Waals surface area contributed by atoms with E-state index in [9.17, 15) is 37.7 Å². The van der Waals surface area contributed by atoms with Crippen molar-refractivity contribution in [2.75, 3.05) is 66.9 Å². The third kappa shape index (κ3) is 19.0. The Hall–Kier alpha value is -4.78. The Morgan fingerprint density at radius 2 is 1.64 bits per heavy atom. The molecule has 0 saturated carbocycles. The van der Waals surface area contributed by atoms with Gasteiger partial charge < -0.3 is 44.5 Å². The minimum Gasteiger partial charge on any atom is -0.489 e. The minimum atomic E-state index is -3.10. The summed E-state index contributed by atoms with van der Waals surface area (Å²) in [7, 11) is -1.47. The number of hydrogen-bond donors (Lipinski definition) is 3. The molecular weight excluding hydrogens is 1080 g/mol. The van der Waals surface area contributed by atoms with Crippen molar-refractivity contribution in [2.24, 2.45) is 5.73 Å². The smallest absolute Gasteiger partial charge is 0.344 e. The van der Waals surface area contributed by atoms with Gasteiger partial charge in [0.15, 0.2) is 18.8 Å². The number of para-hydroxylation sites is 3. The lowest BCUT2D eigenvalue weighted by atomic mass is 9.93. The molecule has 75 heavy (non-hydrogen) atoms. The first-order valence-corrected chi connectivity index (χ1v) is 28.5. The predicted molar refractivity (Wildman–Crippen MR) is 291 cm³/mol. The van der Waals surface area contributed by atoms with Gasteiger partial charge in [0, 0.05) is 37.1 Å². The molecule has 3 aromatic rings. The van der Waals surface area contributed by atoms with E-state index < -0.39 is 54.4 Å². The number of halogens is 5. The zero-order valence-electron chi connectivity index (χ0n) is 43.3. The highest BCUT2D eigenvalue weighted by Gasteiger charge is 2.41. The van der Waals surface area contributed by atoms with Gasteiger partial charge in [0.2, 0.25) is 5.91 Å². The Labute approximate surface area is 458 Å². The van der Waals surface area contributed by atoms with E-state index in [0.29, 0.717) is 49.6 Å². The molecule has 3 aliphatic rings. The van der Waals surface area contributed by atoms with Crippen LogP contribution >= 0.6 is 53.8 Å². The molecule has 0 bridgehead atoms. The lowest BCUT2D eigenvalue weighted by Gasteiger charge is -2.35. The highest BCUT2D eigenvalue weighted by atomic mass is 35.5. The number of methoxy groups -OCH3 is 1. The number of fused-ring (bicyclic) bond motifs is 1. The van der Waals surface area contributed by atoms with Gasteiger partial charge in [0.05, 0.1) is 47.4 Å². The summed E-state index contributed by atoms with van der Waals surface area (Å²) in [6.45, 7) is 12.0. The van der Waals surface area contributed by atoms with E-state index in [4.69, 9.17) is 81.1 Å². The number of alkyl halides is 3. The molecule has 0 aromatic heterocycles. The topological polar surface area (TPSA) is 233 Å². The van der Waals surface area contributed by atoms with Crippen LogP contribution in [-0.4, -0.2) is 121 Å². The molecule has 4 amide bonds. The number of unbranched alkanes of at least 4 members (excludes halogenated alkanes) is 2. The number of amides is 4. The van der Waals surface area contributed by atoms with Crippen molar-refractivity contribution in [2.45, 2.75) is 115 Å². The zero-order chi connectivity index (χ0) is 56.2. The molecule has 0 radical (unpaired) electrons. The number of carboxylic acids is 1. The molecule has 4 atom stereocenters. The molecule has 3 aromatic carbocycles. The molecule has 0 fully saturated rings. The summed E-state index contributed by atoms with van der Waals surface area (Å²) in [5.41, 5.74) is 9.70.